The van der Waals surface area contributed by atoms with Crippen molar-refractivity contribution in [2.45, 2.75) is 19.4 Å². The minimum atomic E-state index is -2.52. The fraction of sp³-hybridized carbons (Fsp3) is 0.500. The molecule has 0 aliphatic rings. The minimum Gasteiger partial charge on any atom is -0.465 e. The van der Waals surface area contributed by atoms with Gasteiger partial charge in [0.15, 0.2) is 0 Å². The normalized spacial score (nSPS) is 12.4. The zero-order valence-electron chi connectivity index (χ0n) is 11.6. The second-order valence-corrected chi connectivity index (χ2v) is 4.10. The minimum absolute atomic E-state index is 0.0757. The number of hydrogen-bond acceptors (Lipinski definition) is 4. The van der Waals surface area contributed by atoms with E-state index in [9.17, 15) is 13.6 Å². The van der Waals surface area contributed by atoms with Gasteiger partial charge in [0.25, 0.3) is 6.43 Å². The SMILES string of the molecule is CCOC(=O)C(NCCOC)c1ccc(C(F)F)cc1. The summed E-state index contributed by atoms with van der Waals surface area (Å²) < 4.78 is 34.9. The number of ether oxygens (including phenoxy) is 2. The Balaban J connectivity index is 2.82. The molecule has 0 saturated heterocycles. The first-order valence-corrected chi connectivity index (χ1v) is 6.37. The van der Waals surface area contributed by atoms with Gasteiger partial charge in [-0.1, -0.05) is 24.3 Å². The fourth-order valence-electron chi connectivity index (χ4n) is 1.70. The van der Waals surface area contributed by atoms with Gasteiger partial charge in [-0.15, -0.1) is 0 Å². The molecule has 0 saturated carbocycles. The van der Waals surface area contributed by atoms with E-state index >= 15 is 0 Å². The third-order valence-corrected chi connectivity index (χ3v) is 2.70. The van der Waals surface area contributed by atoms with Crippen molar-refractivity contribution >= 4 is 5.97 Å². The molecule has 0 aliphatic heterocycles. The molecule has 0 heterocycles. The predicted molar refractivity (Wildman–Crippen MR) is 70.7 cm³/mol. The number of hydrogen-bond donors (Lipinski definition) is 1. The summed E-state index contributed by atoms with van der Waals surface area (Å²) in [5.41, 5.74) is 0.511. The van der Waals surface area contributed by atoms with Crippen LogP contribution < -0.4 is 5.32 Å². The van der Waals surface area contributed by atoms with Gasteiger partial charge in [0.05, 0.1) is 13.2 Å². The van der Waals surface area contributed by atoms with E-state index in [1.54, 1.807) is 14.0 Å². The second kappa shape index (κ2) is 8.60. The molecule has 1 aromatic carbocycles. The highest BCUT2D eigenvalue weighted by atomic mass is 19.3. The van der Waals surface area contributed by atoms with Crippen molar-refractivity contribution in [3.8, 4) is 0 Å². The number of methoxy groups -OCH3 is 1. The van der Waals surface area contributed by atoms with Crippen LogP contribution in [-0.4, -0.2) is 32.8 Å². The molecular formula is C14H19F2NO3. The molecule has 0 fully saturated rings. The highest BCUT2D eigenvalue weighted by Crippen LogP contribution is 2.22. The fourth-order valence-corrected chi connectivity index (χ4v) is 1.70. The topological polar surface area (TPSA) is 47.6 Å². The summed E-state index contributed by atoms with van der Waals surface area (Å²) in [7, 11) is 1.55. The van der Waals surface area contributed by atoms with E-state index in [1.165, 1.54) is 24.3 Å². The first kappa shape index (κ1) is 16.5. The van der Waals surface area contributed by atoms with Crippen molar-refractivity contribution in [3.05, 3.63) is 35.4 Å². The zero-order valence-corrected chi connectivity index (χ0v) is 11.6. The predicted octanol–water partition coefficient (Wildman–Crippen LogP) is 2.46. The zero-order chi connectivity index (χ0) is 15.0. The summed E-state index contributed by atoms with van der Waals surface area (Å²) in [6, 6.07) is 4.94. The average Bonchev–Trinajstić information content (AvgIpc) is 2.44. The maximum atomic E-state index is 12.5. The number of alkyl halides is 2. The van der Waals surface area contributed by atoms with Crippen LogP contribution in [0.2, 0.25) is 0 Å². The Labute approximate surface area is 117 Å². The van der Waals surface area contributed by atoms with Gasteiger partial charge in [-0.05, 0) is 12.5 Å². The molecule has 20 heavy (non-hydrogen) atoms. The van der Waals surface area contributed by atoms with Crippen molar-refractivity contribution in [2.75, 3.05) is 26.9 Å². The van der Waals surface area contributed by atoms with Crippen LogP contribution >= 0.6 is 0 Å². The van der Waals surface area contributed by atoms with Gasteiger partial charge in [-0.3, -0.25) is 5.32 Å². The van der Waals surface area contributed by atoms with Gasteiger partial charge in [-0.25, -0.2) is 13.6 Å². The Morgan fingerprint density at radius 1 is 1.25 bits per heavy atom. The monoisotopic (exact) mass is 287 g/mol. The maximum absolute atomic E-state index is 12.5. The standard InChI is InChI=1S/C14H19F2NO3/c1-3-20-14(18)12(17-8-9-19-2)10-4-6-11(7-5-10)13(15)16/h4-7,12-13,17H,3,8-9H2,1-2H3. The molecule has 1 atom stereocenters. The highest BCUT2D eigenvalue weighted by molar-refractivity contribution is 5.77. The molecule has 0 radical (unpaired) electrons. The lowest BCUT2D eigenvalue weighted by Crippen LogP contribution is -2.32. The molecule has 1 aromatic rings. The van der Waals surface area contributed by atoms with Crippen LogP contribution in [0, 0.1) is 0 Å². The molecule has 0 bridgehead atoms. The van der Waals surface area contributed by atoms with Crippen molar-refractivity contribution in [1.29, 1.82) is 0 Å². The molecular weight excluding hydrogens is 268 g/mol. The van der Waals surface area contributed by atoms with Crippen LogP contribution in [0.25, 0.3) is 0 Å². The molecule has 0 aromatic heterocycles. The van der Waals surface area contributed by atoms with Gasteiger partial charge in [0.2, 0.25) is 0 Å². The third-order valence-electron chi connectivity index (χ3n) is 2.70. The quantitative estimate of drug-likeness (QED) is 0.589. The highest BCUT2D eigenvalue weighted by Gasteiger charge is 2.21. The average molecular weight is 287 g/mol. The Morgan fingerprint density at radius 2 is 1.85 bits per heavy atom. The van der Waals surface area contributed by atoms with Crippen LogP contribution in [0.4, 0.5) is 8.78 Å². The summed E-state index contributed by atoms with van der Waals surface area (Å²) in [6.07, 6.45) is -2.52. The third kappa shape index (κ3) is 4.86. The molecule has 0 amide bonds. The summed E-state index contributed by atoms with van der Waals surface area (Å²) in [4.78, 5) is 11.9. The summed E-state index contributed by atoms with van der Waals surface area (Å²) >= 11 is 0. The summed E-state index contributed by atoms with van der Waals surface area (Å²) in [6.45, 7) is 2.86. The van der Waals surface area contributed by atoms with E-state index in [2.05, 4.69) is 5.32 Å². The number of halogens is 2. The summed E-state index contributed by atoms with van der Waals surface area (Å²) in [5, 5.41) is 2.98. The van der Waals surface area contributed by atoms with Gasteiger partial charge in [-0.2, -0.15) is 0 Å². The van der Waals surface area contributed by atoms with E-state index in [0.29, 0.717) is 18.7 Å². The first-order chi connectivity index (χ1) is 9.60. The van der Waals surface area contributed by atoms with Crippen molar-refractivity contribution in [2.24, 2.45) is 0 Å². The maximum Gasteiger partial charge on any atom is 0.327 e. The number of nitrogens with one attached hydrogen (secondary N) is 1. The lowest BCUT2D eigenvalue weighted by Gasteiger charge is -2.17. The Hall–Kier alpha value is -1.53. The van der Waals surface area contributed by atoms with Gasteiger partial charge in [0.1, 0.15) is 6.04 Å². The van der Waals surface area contributed by atoms with Crippen molar-refractivity contribution < 1.29 is 23.0 Å². The molecule has 6 heteroatoms. The van der Waals surface area contributed by atoms with Crippen molar-refractivity contribution in [3.63, 3.8) is 0 Å². The molecule has 1 N–H and O–H groups in total. The molecule has 0 spiro atoms. The van der Waals surface area contributed by atoms with E-state index in [4.69, 9.17) is 9.47 Å². The van der Waals surface area contributed by atoms with Crippen molar-refractivity contribution in [1.82, 2.24) is 5.32 Å². The number of carbonyl (C=O) groups is 1. The van der Waals surface area contributed by atoms with Crippen LogP contribution in [0.1, 0.15) is 30.5 Å². The van der Waals surface area contributed by atoms with Crippen LogP contribution in [0.15, 0.2) is 24.3 Å². The molecule has 4 nitrogen and oxygen atoms in total. The van der Waals surface area contributed by atoms with Gasteiger partial charge >= 0.3 is 5.97 Å². The van der Waals surface area contributed by atoms with E-state index in [-0.39, 0.29) is 12.2 Å². The number of rotatable bonds is 8. The lowest BCUT2D eigenvalue weighted by molar-refractivity contribution is -0.145. The number of esters is 1. The van der Waals surface area contributed by atoms with Gasteiger partial charge in [0, 0.05) is 19.2 Å². The molecule has 1 unspecified atom stereocenters. The Morgan fingerprint density at radius 3 is 2.35 bits per heavy atom. The smallest absolute Gasteiger partial charge is 0.327 e. The lowest BCUT2D eigenvalue weighted by atomic mass is 10.0. The Kier molecular flexibility index (Phi) is 7.11. The van der Waals surface area contributed by atoms with Gasteiger partial charge < -0.3 is 9.47 Å². The molecule has 1 rings (SSSR count). The van der Waals surface area contributed by atoms with Crippen LogP contribution in [0.5, 0.6) is 0 Å². The molecule has 112 valence electrons. The van der Waals surface area contributed by atoms with Crippen LogP contribution in [-0.2, 0) is 14.3 Å². The largest absolute Gasteiger partial charge is 0.465 e. The first-order valence-electron chi connectivity index (χ1n) is 6.37. The molecule has 0 aliphatic carbocycles. The second-order valence-electron chi connectivity index (χ2n) is 4.10. The Bertz CT molecular complexity index is 409. The summed E-state index contributed by atoms with van der Waals surface area (Å²) in [5.74, 6) is -0.437. The van der Waals surface area contributed by atoms with E-state index in [1.807, 2.05) is 0 Å². The number of carbonyl (C=O) groups excluding carboxylic acids is 1. The van der Waals surface area contributed by atoms with E-state index < -0.39 is 18.4 Å². The van der Waals surface area contributed by atoms with E-state index in [0.717, 1.165) is 0 Å². The van der Waals surface area contributed by atoms with Crippen LogP contribution in [0.3, 0.4) is 0 Å². The number of benzene rings is 1.